The fourth-order valence-electron chi connectivity index (χ4n) is 2.99. The van der Waals surface area contributed by atoms with Gasteiger partial charge in [-0.1, -0.05) is 13.8 Å². The van der Waals surface area contributed by atoms with Gasteiger partial charge >= 0.3 is 0 Å². The molecule has 0 N–H and O–H groups in total. The predicted molar refractivity (Wildman–Crippen MR) is 92.1 cm³/mol. The number of carbonyl (C=O) groups is 2. The number of hydrogen-bond donors (Lipinski definition) is 0. The normalized spacial score (nSPS) is 16.7. The molecule has 6 heteroatoms. The highest BCUT2D eigenvalue weighted by Gasteiger charge is 2.33. The van der Waals surface area contributed by atoms with Crippen LogP contribution in [-0.4, -0.2) is 46.2 Å². The SMILES string of the molecule is Cc1ncsc1CN(C)C(=O)[C@H](CC(C)C)N1CCCCC1=O. The van der Waals surface area contributed by atoms with Crippen molar-refractivity contribution in [3.05, 3.63) is 16.1 Å². The van der Waals surface area contributed by atoms with Crippen LogP contribution >= 0.6 is 11.3 Å². The van der Waals surface area contributed by atoms with Gasteiger partial charge in [0.2, 0.25) is 11.8 Å². The standard InChI is InChI=1S/C17H27N3O2S/c1-12(2)9-14(20-8-6-5-7-16(20)21)17(22)19(4)10-15-13(3)18-11-23-15/h11-12,14H,5-10H2,1-4H3/t14-/m0/s1. The summed E-state index contributed by atoms with van der Waals surface area (Å²) in [5.74, 6) is 0.539. The molecule has 1 atom stereocenters. The van der Waals surface area contributed by atoms with Gasteiger partial charge in [-0.25, -0.2) is 4.98 Å². The molecule has 1 aromatic heterocycles. The molecule has 0 spiro atoms. The second-order valence-electron chi connectivity index (χ2n) is 6.74. The van der Waals surface area contributed by atoms with E-state index in [1.165, 1.54) is 0 Å². The minimum Gasteiger partial charge on any atom is -0.339 e. The van der Waals surface area contributed by atoms with E-state index in [-0.39, 0.29) is 17.9 Å². The van der Waals surface area contributed by atoms with Gasteiger partial charge in [-0.15, -0.1) is 11.3 Å². The molecule has 2 heterocycles. The van der Waals surface area contributed by atoms with Crippen LogP contribution in [0.3, 0.4) is 0 Å². The lowest BCUT2D eigenvalue weighted by Crippen LogP contribution is -2.52. The number of likely N-dealkylation sites (N-methyl/N-ethyl adjacent to an activating group) is 1. The van der Waals surface area contributed by atoms with Crippen LogP contribution in [0.15, 0.2) is 5.51 Å². The highest BCUT2D eigenvalue weighted by molar-refractivity contribution is 7.09. The summed E-state index contributed by atoms with van der Waals surface area (Å²) < 4.78 is 0. The van der Waals surface area contributed by atoms with Crippen LogP contribution < -0.4 is 0 Å². The Balaban J connectivity index is 2.12. The van der Waals surface area contributed by atoms with Gasteiger partial charge in [-0.2, -0.15) is 0 Å². The second kappa shape index (κ2) is 7.90. The third-order valence-electron chi connectivity index (χ3n) is 4.32. The number of hydrogen-bond acceptors (Lipinski definition) is 4. The van der Waals surface area contributed by atoms with Gasteiger partial charge < -0.3 is 9.80 Å². The first kappa shape index (κ1) is 17.9. The Morgan fingerprint density at radius 1 is 1.43 bits per heavy atom. The Labute approximate surface area is 142 Å². The van der Waals surface area contributed by atoms with Crippen LogP contribution in [0, 0.1) is 12.8 Å². The summed E-state index contributed by atoms with van der Waals surface area (Å²) in [6.07, 6.45) is 3.22. The van der Waals surface area contributed by atoms with Crippen molar-refractivity contribution in [3.8, 4) is 0 Å². The van der Waals surface area contributed by atoms with Crippen LogP contribution in [0.25, 0.3) is 0 Å². The average molecular weight is 337 g/mol. The molecule has 5 nitrogen and oxygen atoms in total. The zero-order valence-corrected chi connectivity index (χ0v) is 15.4. The topological polar surface area (TPSA) is 53.5 Å². The molecule has 128 valence electrons. The van der Waals surface area contributed by atoms with Gasteiger partial charge in [-0.3, -0.25) is 9.59 Å². The molecule has 1 aliphatic rings. The predicted octanol–water partition coefficient (Wildman–Crippen LogP) is 2.84. The third-order valence-corrected chi connectivity index (χ3v) is 5.24. The van der Waals surface area contributed by atoms with Crippen molar-refractivity contribution in [3.63, 3.8) is 0 Å². The van der Waals surface area contributed by atoms with E-state index >= 15 is 0 Å². The molecular weight excluding hydrogens is 310 g/mol. The van der Waals surface area contributed by atoms with Crippen LogP contribution in [0.2, 0.25) is 0 Å². The summed E-state index contributed by atoms with van der Waals surface area (Å²) in [7, 11) is 1.82. The first-order valence-electron chi connectivity index (χ1n) is 8.33. The summed E-state index contributed by atoms with van der Waals surface area (Å²) in [6, 6.07) is -0.332. The molecule has 0 unspecified atom stereocenters. The van der Waals surface area contributed by atoms with Gasteiger partial charge in [0.25, 0.3) is 0 Å². The average Bonchev–Trinajstić information content (AvgIpc) is 2.90. The molecule has 0 bridgehead atoms. The largest absolute Gasteiger partial charge is 0.339 e. The van der Waals surface area contributed by atoms with E-state index < -0.39 is 0 Å². The third kappa shape index (κ3) is 4.53. The molecule has 0 aromatic carbocycles. The molecule has 0 saturated carbocycles. The van der Waals surface area contributed by atoms with E-state index in [1.807, 2.05) is 24.4 Å². The molecule has 0 aliphatic carbocycles. The molecule has 2 rings (SSSR count). The summed E-state index contributed by atoms with van der Waals surface area (Å²) in [5, 5.41) is 0. The number of carbonyl (C=O) groups excluding carboxylic acids is 2. The highest BCUT2D eigenvalue weighted by Crippen LogP contribution is 2.22. The fourth-order valence-corrected chi connectivity index (χ4v) is 3.82. The van der Waals surface area contributed by atoms with Crippen molar-refractivity contribution >= 4 is 23.2 Å². The van der Waals surface area contributed by atoms with E-state index in [9.17, 15) is 9.59 Å². The van der Waals surface area contributed by atoms with Crippen molar-refractivity contribution in [1.29, 1.82) is 0 Å². The number of aryl methyl sites for hydroxylation is 1. The quantitative estimate of drug-likeness (QED) is 0.802. The molecule has 1 fully saturated rings. The molecular formula is C17H27N3O2S. The number of likely N-dealkylation sites (tertiary alicyclic amines) is 1. The van der Waals surface area contributed by atoms with Crippen LogP contribution in [-0.2, 0) is 16.1 Å². The van der Waals surface area contributed by atoms with Crippen molar-refractivity contribution in [2.24, 2.45) is 5.92 Å². The zero-order valence-electron chi connectivity index (χ0n) is 14.5. The Kier molecular flexibility index (Phi) is 6.16. The Hall–Kier alpha value is -1.43. The van der Waals surface area contributed by atoms with Gasteiger partial charge in [-0.05, 0) is 32.1 Å². The van der Waals surface area contributed by atoms with Gasteiger partial charge in [0, 0.05) is 24.9 Å². The number of piperidine rings is 1. The molecule has 23 heavy (non-hydrogen) atoms. The van der Waals surface area contributed by atoms with Gasteiger partial charge in [0.1, 0.15) is 6.04 Å². The maximum atomic E-state index is 13.0. The molecule has 2 amide bonds. The Bertz CT molecular complexity index is 556. The fraction of sp³-hybridized carbons (Fsp3) is 0.706. The van der Waals surface area contributed by atoms with Gasteiger partial charge in [0.05, 0.1) is 17.7 Å². The van der Waals surface area contributed by atoms with Crippen LogP contribution in [0.1, 0.15) is 50.1 Å². The second-order valence-corrected chi connectivity index (χ2v) is 7.68. The Morgan fingerprint density at radius 3 is 2.74 bits per heavy atom. The smallest absolute Gasteiger partial charge is 0.245 e. The molecule has 1 saturated heterocycles. The van der Waals surface area contributed by atoms with Crippen molar-refractivity contribution < 1.29 is 9.59 Å². The van der Waals surface area contributed by atoms with Crippen LogP contribution in [0.5, 0.6) is 0 Å². The van der Waals surface area contributed by atoms with Crippen molar-refractivity contribution in [1.82, 2.24) is 14.8 Å². The summed E-state index contributed by atoms with van der Waals surface area (Å²) in [4.78, 5) is 34.1. The lowest BCUT2D eigenvalue weighted by atomic mass is 9.98. The Morgan fingerprint density at radius 2 is 2.17 bits per heavy atom. The monoisotopic (exact) mass is 337 g/mol. The highest BCUT2D eigenvalue weighted by atomic mass is 32.1. The number of aromatic nitrogens is 1. The minimum atomic E-state index is -0.332. The summed E-state index contributed by atoms with van der Waals surface area (Å²) >= 11 is 1.57. The van der Waals surface area contributed by atoms with E-state index in [2.05, 4.69) is 18.8 Å². The molecule has 1 aromatic rings. The maximum Gasteiger partial charge on any atom is 0.245 e. The van der Waals surface area contributed by atoms with E-state index in [0.717, 1.165) is 29.8 Å². The lowest BCUT2D eigenvalue weighted by Gasteiger charge is -2.36. The maximum absolute atomic E-state index is 13.0. The van der Waals surface area contributed by atoms with E-state index in [1.54, 1.807) is 16.2 Å². The summed E-state index contributed by atoms with van der Waals surface area (Å²) in [5.41, 5.74) is 2.78. The van der Waals surface area contributed by atoms with Crippen LogP contribution in [0.4, 0.5) is 0 Å². The molecule has 0 radical (unpaired) electrons. The first-order chi connectivity index (χ1) is 10.9. The van der Waals surface area contributed by atoms with Gasteiger partial charge in [0.15, 0.2) is 0 Å². The number of rotatable bonds is 6. The van der Waals surface area contributed by atoms with Crippen molar-refractivity contribution in [2.75, 3.05) is 13.6 Å². The number of nitrogens with zero attached hydrogens (tertiary/aromatic N) is 3. The summed E-state index contributed by atoms with van der Waals surface area (Å²) in [6.45, 7) is 7.43. The van der Waals surface area contributed by atoms with E-state index in [4.69, 9.17) is 0 Å². The first-order valence-corrected chi connectivity index (χ1v) is 9.21. The van der Waals surface area contributed by atoms with E-state index in [0.29, 0.717) is 25.4 Å². The number of thiazole rings is 1. The minimum absolute atomic E-state index is 0.0433. The molecule has 1 aliphatic heterocycles. The van der Waals surface area contributed by atoms with Crippen molar-refractivity contribution in [2.45, 2.75) is 59.0 Å². The zero-order chi connectivity index (χ0) is 17.0. The number of amides is 2. The lowest BCUT2D eigenvalue weighted by molar-refractivity contribution is -0.147.